The minimum Gasteiger partial charge on any atom is -0.368 e. The van der Waals surface area contributed by atoms with E-state index in [4.69, 9.17) is 5.53 Å². The van der Waals surface area contributed by atoms with Crippen molar-refractivity contribution in [2.75, 3.05) is 37.6 Å². The van der Waals surface area contributed by atoms with E-state index < -0.39 is 11.7 Å². The molecule has 2 saturated heterocycles. The summed E-state index contributed by atoms with van der Waals surface area (Å²) in [5.41, 5.74) is 8.30. The van der Waals surface area contributed by atoms with E-state index in [1.54, 1.807) is 11.0 Å². The van der Waals surface area contributed by atoms with Crippen molar-refractivity contribution in [1.29, 1.82) is 0 Å². The van der Waals surface area contributed by atoms with E-state index >= 15 is 0 Å². The van der Waals surface area contributed by atoms with E-state index in [1.165, 1.54) is 6.07 Å². The first-order valence-electron chi connectivity index (χ1n) is 8.37. The van der Waals surface area contributed by atoms with Crippen LogP contribution in [0.5, 0.6) is 0 Å². The molecule has 2 fully saturated rings. The first-order valence-corrected chi connectivity index (χ1v) is 8.37. The van der Waals surface area contributed by atoms with E-state index in [0.29, 0.717) is 44.8 Å². The highest BCUT2D eigenvalue weighted by atomic mass is 19.4. The fourth-order valence-electron chi connectivity index (χ4n) is 3.35. The molecule has 26 heavy (non-hydrogen) atoms. The summed E-state index contributed by atoms with van der Waals surface area (Å²) in [5, 5.41) is 6.69. The monoisotopic (exact) mass is 368 g/mol. The molecule has 2 aliphatic rings. The van der Waals surface area contributed by atoms with Gasteiger partial charge in [0.1, 0.15) is 0 Å². The van der Waals surface area contributed by atoms with Crippen molar-refractivity contribution in [2.24, 2.45) is 5.11 Å². The Balaban J connectivity index is 1.58. The maximum atomic E-state index is 12.9. The van der Waals surface area contributed by atoms with Crippen LogP contribution in [-0.4, -0.2) is 55.6 Å². The molecule has 2 heterocycles. The van der Waals surface area contributed by atoms with Crippen LogP contribution in [0.4, 0.5) is 18.9 Å². The second kappa shape index (κ2) is 7.43. The molecular weight excluding hydrogens is 349 g/mol. The molecule has 0 aromatic heterocycles. The molecule has 2 atom stereocenters. The molecule has 10 heteroatoms. The molecule has 0 radical (unpaired) electrons. The molecule has 0 aliphatic carbocycles. The average molecular weight is 368 g/mol. The van der Waals surface area contributed by atoms with E-state index in [-0.39, 0.29) is 18.0 Å². The third-order valence-corrected chi connectivity index (χ3v) is 4.75. The van der Waals surface area contributed by atoms with Crippen LogP contribution in [0.1, 0.15) is 12.0 Å². The molecule has 3 rings (SSSR count). The van der Waals surface area contributed by atoms with Crippen molar-refractivity contribution < 1.29 is 18.0 Å². The Labute approximate surface area is 148 Å². The summed E-state index contributed by atoms with van der Waals surface area (Å²) in [4.78, 5) is 18.9. The number of hydrogen-bond donors (Lipinski definition) is 1. The first kappa shape index (κ1) is 18.3. The van der Waals surface area contributed by atoms with Crippen molar-refractivity contribution in [2.45, 2.75) is 24.7 Å². The summed E-state index contributed by atoms with van der Waals surface area (Å²) in [6.07, 6.45) is -3.90. The van der Waals surface area contributed by atoms with Gasteiger partial charge in [-0.2, -0.15) is 13.2 Å². The van der Waals surface area contributed by atoms with Crippen LogP contribution in [0.25, 0.3) is 10.4 Å². The molecule has 7 nitrogen and oxygen atoms in total. The van der Waals surface area contributed by atoms with Gasteiger partial charge < -0.3 is 15.1 Å². The fraction of sp³-hybridized carbons (Fsp3) is 0.562. The standard InChI is InChI=1S/C16H19F3N6O/c17-16(18,19)11-2-1-3-13(8-11)24-4-6-25(7-5-24)15(26)14-9-12(10-21-14)22-23-20/h1-3,8,12,14,21H,4-7,9-10H2/t12-,14-/m0/s1. The first-order chi connectivity index (χ1) is 12.4. The lowest BCUT2D eigenvalue weighted by Crippen LogP contribution is -2.53. The number of carbonyl (C=O) groups is 1. The molecular formula is C16H19F3N6O. The Kier molecular flexibility index (Phi) is 5.24. The van der Waals surface area contributed by atoms with Gasteiger partial charge in [-0.15, -0.1) is 0 Å². The lowest BCUT2D eigenvalue weighted by atomic mass is 10.1. The van der Waals surface area contributed by atoms with Gasteiger partial charge in [0.15, 0.2) is 0 Å². The summed E-state index contributed by atoms with van der Waals surface area (Å²) in [6, 6.07) is 4.64. The van der Waals surface area contributed by atoms with Crippen molar-refractivity contribution in [1.82, 2.24) is 10.2 Å². The van der Waals surface area contributed by atoms with Crippen LogP contribution in [0, 0.1) is 0 Å². The number of nitrogens with one attached hydrogen (secondary N) is 1. The Morgan fingerprint density at radius 1 is 1.27 bits per heavy atom. The van der Waals surface area contributed by atoms with Gasteiger partial charge in [-0.3, -0.25) is 4.79 Å². The number of halogens is 3. The second-order valence-electron chi connectivity index (χ2n) is 6.42. The molecule has 1 N–H and O–H groups in total. The third kappa shape index (κ3) is 4.03. The van der Waals surface area contributed by atoms with Crippen LogP contribution in [-0.2, 0) is 11.0 Å². The molecule has 0 bridgehead atoms. The van der Waals surface area contributed by atoms with Crippen LogP contribution in [0.15, 0.2) is 29.4 Å². The Morgan fingerprint density at radius 2 is 2.00 bits per heavy atom. The molecule has 140 valence electrons. The van der Waals surface area contributed by atoms with Gasteiger partial charge in [-0.25, -0.2) is 0 Å². The number of hydrogen-bond acceptors (Lipinski definition) is 4. The molecule has 0 spiro atoms. The predicted molar refractivity (Wildman–Crippen MR) is 89.6 cm³/mol. The maximum absolute atomic E-state index is 12.9. The topological polar surface area (TPSA) is 84.3 Å². The second-order valence-corrected chi connectivity index (χ2v) is 6.42. The maximum Gasteiger partial charge on any atom is 0.416 e. The summed E-state index contributed by atoms with van der Waals surface area (Å²) in [5.74, 6) is -0.0515. The number of nitrogens with zero attached hydrogens (tertiary/aromatic N) is 5. The minimum atomic E-state index is -4.37. The van der Waals surface area contributed by atoms with Gasteiger partial charge in [0.2, 0.25) is 5.91 Å². The van der Waals surface area contributed by atoms with Gasteiger partial charge in [-0.05, 0) is 30.2 Å². The van der Waals surface area contributed by atoms with Crippen molar-refractivity contribution in [3.8, 4) is 0 Å². The number of rotatable bonds is 3. The molecule has 1 aromatic rings. The van der Waals surface area contributed by atoms with Crippen LogP contribution in [0.3, 0.4) is 0 Å². The van der Waals surface area contributed by atoms with Gasteiger partial charge in [0.25, 0.3) is 0 Å². The summed E-state index contributed by atoms with van der Waals surface area (Å²) in [7, 11) is 0. The van der Waals surface area contributed by atoms with Crippen LogP contribution in [0.2, 0.25) is 0 Å². The smallest absolute Gasteiger partial charge is 0.368 e. The molecule has 1 aromatic carbocycles. The lowest BCUT2D eigenvalue weighted by molar-refractivity contribution is -0.137. The minimum absolute atomic E-state index is 0.0515. The Hall–Kier alpha value is -2.45. The summed E-state index contributed by atoms with van der Waals surface area (Å²) >= 11 is 0. The Bertz CT molecular complexity index is 710. The third-order valence-electron chi connectivity index (χ3n) is 4.75. The van der Waals surface area contributed by atoms with Crippen LogP contribution < -0.4 is 10.2 Å². The zero-order valence-electron chi connectivity index (χ0n) is 14.0. The lowest BCUT2D eigenvalue weighted by Gasteiger charge is -2.37. The Morgan fingerprint density at radius 3 is 2.65 bits per heavy atom. The summed E-state index contributed by atoms with van der Waals surface area (Å²) < 4.78 is 38.6. The highest BCUT2D eigenvalue weighted by Crippen LogP contribution is 2.32. The number of anilines is 1. The van der Waals surface area contributed by atoms with E-state index in [0.717, 1.165) is 12.1 Å². The molecule has 1 amide bonds. The van der Waals surface area contributed by atoms with E-state index in [1.807, 2.05) is 4.90 Å². The number of alkyl halides is 3. The predicted octanol–water partition coefficient (Wildman–Crippen LogP) is 2.39. The highest BCUT2D eigenvalue weighted by molar-refractivity contribution is 5.82. The summed E-state index contributed by atoms with van der Waals surface area (Å²) in [6.45, 7) is 2.31. The van der Waals surface area contributed by atoms with Crippen molar-refractivity contribution in [3.05, 3.63) is 40.3 Å². The highest BCUT2D eigenvalue weighted by Gasteiger charge is 2.34. The number of azide groups is 1. The van der Waals surface area contributed by atoms with Crippen molar-refractivity contribution in [3.63, 3.8) is 0 Å². The zero-order valence-corrected chi connectivity index (χ0v) is 14.0. The SMILES string of the molecule is [N-]=[N+]=N[C@@H]1CN[C@H](C(=O)N2CCN(c3cccc(C(F)(F)F)c3)CC2)C1. The fourth-order valence-corrected chi connectivity index (χ4v) is 3.35. The molecule has 2 aliphatic heterocycles. The number of piperazine rings is 1. The van der Waals surface area contributed by atoms with E-state index in [9.17, 15) is 18.0 Å². The molecule has 0 unspecified atom stereocenters. The largest absolute Gasteiger partial charge is 0.416 e. The number of benzene rings is 1. The van der Waals surface area contributed by atoms with Gasteiger partial charge in [-0.1, -0.05) is 11.2 Å². The van der Waals surface area contributed by atoms with Gasteiger partial charge in [0, 0.05) is 43.3 Å². The average Bonchev–Trinajstić information content (AvgIpc) is 3.10. The van der Waals surface area contributed by atoms with Crippen LogP contribution >= 0.6 is 0 Å². The number of carbonyl (C=O) groups excluding carboxylic acids is 1. The van der Waals surface area contributed by atoms with Crippen molar-refractivity contribution >= 4 is 11.6 Å². The van der Waals surface area contributed by atoms with Gasteiger partial charge in [0.05, 0.1) is 17.6 Å². The normalized spacial score (nSPS) is 23.7. The number of amides is 1. The van der Waals surface area contributed by atoms with E-state index in [2.05, 4.69) is 15.3 Å². The molecule has 0 saturated carbocycles. The quantitative estimate of drug-likeness (QED) is 0.505. The van der Waals surface area contributed by atoms with Gasteiger partial charge >= 0.3 is 6.18 Å². The zero-order chi connectivity index (χ0) is 18.7.